The van der Waals surface area contributed by atoms with Gasteiger partial charge in [0.05, 0.1) is 19.8 Å². The summed E-state index contributed by atoms with van der Waals surface area (Å²) in [5.74, 6) is 0.527. The summed E-state index contributed by atoms with van der Waals surface area (Å²) in [6.45, 7) is 1.78. The van der Waals surface area contributed by atoms with Crippen LogP contribution in [0, 0.1) is 6.92 Å². The van der Waals surface area contributed by atoms with Crippen LogP contribution in [0.5, 0.6) is 5.88 Å². The lowest BCUT2D eigenvalue weighted by Gasteiger charge is -2.10. The average molecular weight is 182 g/mol. The molecule has 3 N–H and O–H groups in total. The van der Waals surface area contributed by atoms with E-state index in [2.05, 4.69) is 4.98 Å². The van der Waals surface area contributed by atoms with Crippen LogP contribution in [0.15, 0.2) is 12.1 Å². The third-order valence-electron chi connectivity index (χ3n) is 1.79. The molecule has 0 fully saturated rings. The van der Waals surface area contributed by atoms with Gasteiger partial charge in [-0.1, -0.05) is 0 Å². The fraction of sp³-hybridized carbons (Fsp3) is 0.444. The molecule has 1 aromatic heterocycles. The van der Waals surface area contributed by atoms with Crippen molar-refractivity contribution in [3.05, 3.63) is 23.4 Å². The van der Waals surface area contributed by atoms with Gasteiger partial charge in [0, 0.05) is 11.8 Å². The van der Waals surface area contributed by atoms with Gasteiger partial charge in [0.1, 0.15) is 0 Å². The summed E-state index contributed by atoms with van der Waals surface area (Å²) in [7, 11) is 1.55. The van der Waals surface area contributed by atoms with Crippen LogP contribution in [0.1, 0.15) is 17.3 Å². The molecular formula is C9H14N2O2. The molecule has 0 bridgehead atoms. The first-order valence-corrected chi connectivity index (χ1v) is 4.06. The Kier molecular flexibility index (Phi) is 3.22. The number of methoxy groups -OCH3 is 1. The second-order valence-corrected chi connectivity index (χ2v) is 2.87. The molecule has 1 rings (SSSR count). The van der Waals surface area contributed by atoms with Gasteiger partial charge in [-0.15, -0.1) is 0 Å². The Morgan fingerprint density at radius 1 is 1.62 bits per heavy atom. The number of ether oxygens (including phenoxy) is 1. The Labute approximate surface area is 77.4 Å². The third-order valence-corrected chi connectivity index (χ3v) is 1.79. The predicted octanol–water partition coefficient (Wildman–Crippen LogP) is 0.391. The summed E-state index contributed by atoms with van der Waals surface area (Å²) in [4.78, 5) is 4.11. The van der Waals surface area contributed by atoms with E-state index in [0.717, 1.165) is 11.3 Å². The number of pyridine rings is 1. The summed E-state index contributed by atoms with van der Waals surface area (Å²) in [6, 6.07) is 3.20. The lowest BCUT2D eigenvalue weighted by atomic mass is 10.1. The summed E-state index contributed by atoms with van der Waals surface area (Å²) in [5, 5.41) is 8.86. The van der Waals surface area contributed by atoms with Crippen molar-refractivity contribution < 1.29 is 9.84 Å². The van der Waals surface area contributed by atoms with E-state index in [1.165, 1.54) is 0 Å². The van der Waals surface area contributed by atoms with E-state index in [1.54, 1.807) is 13.2 Å². The smallest absolute Gasteiger partial charge is 0.213 e. The van der Waals surface area contributed by atoms with Crippen molar-refractivity contribution in [3.8, 4) is 5.88 Å². The minimum Gasteiger partial charge on any atom is -0.481 e. The highest BCUT2D eigenvalue weighted by molar-refractivity contribution is 5.27. The van der Waals surface area contributed by atoms with E-state index in [4.69, 9.17) is 15.6 Å². The van der Waals surface area contributed by atoms with E-state index in [-0.39, 0.29) is 12.6 Å². The molecule has 1 aromatic rings. The maximum atomic E-state index is 8.86. The molecule has 0 spiro atoms. The molecule has 1 atom stereocenters. The van der Waals surface area contributed by atoms with Gasteiger partial charge in [0.25, 0.3) is 0 Å². The first kappa shape index (κ1) is 9.95. The SMILES string of the molecule is COc1cc([C@@H](N)CO)cc(C)n1. The largest absolute Gasteiger partial charge is 0.481 e. The standard InChI is InChI=1S/C9H14N2O2/c1-6-3-7(8(10)5-12)4-9(11-6)13-2/h3-4,8,12H,5,10H2,1-2H3/t8-/m0/s1. The Morgan fingerprint density at radius 2 is 2.31 bits per heavy atom. The molecule has 1 heterocycles. The second-order valence-electron chi connectivity index (χ2n) is 2.87. The molecule has 0 saturated carbocycles. The van der Waals surface area contributed by atoms with E-state index in [0.29, 0.717) is 5.88 Å². The van der Waals surface area contributed by atoms with Crippen molar-refractivity contribution >= 4 is 0 Å². The van der Waals surface area contributed by atoms with E-state index < -0.39 is 0 Å². The average Bonchev–Trinajstić information content (AvgIpc) is 2.15. The Bertz CT molecular complexity index is 289. The van der Waals surface area contributed by atoms with Crippen LogP contribution < -0.4 is 10.5 Å². The van der Waals surface area contributed by atoms with Crippen LogP contribution in [-0.4, -0.2) is 23.8 Å². The van der Waals surface area contributed by atoms with Gasteiger partial charge in [-0.25, -0.2) is 4.98 Å². The molecule has 0 aliphatic rings. The summed E-state index contributed by atoms with van der Waals surface area (Å²) in [5.41, 5.74) is 7.32. The number of aromatic nitrogens is 1. The van der Waals surface area contributed by atoms with Crippen LogP contribution in [0.4, 0.5) is 0 Å². The lowest BCUT2D eigenvalue weighted by Crippen LogP contribution is -2.15. The number of rotatable bonds is 3. The molecule has 0 aromatic carbocycles. The van der Waals surface area contributed by atoms with Crippen molar-refractivity contribution in [1.82, 2.24) is 4.98 Å². The fourth-order valence-electron chi connectivity index (χ4n) is 1.09. The molecule has 0 aliphatic carbocycles. The number of nitrogens with two attached hydrogens (primary N) is 1. The van der Waals surface area contributed by atoms with Gasteiger partial charge < -0.3 is 15.6 Å². The van der Waals surface area contributed by atoms with Crippen LogP contribution >= 0.6 is 0 Å². The van der Waals surface area contributed by atoms with Crippen LogP contribution in [0.2, 0.25) is 0 Å². The minimum absolute atomic E-state index is 0.0768. The number of nitrogens with zero attached hydrogens (tertiary/aromatic N) is 1. The highest BCUT2D eigenvalue weighted by atomic mass is 16.5. The van der Waals surface area contributed by atoms with Crippen molar-refractivity contribution in [2.24, 2.45) is 5.73 Å². The van der Waals surface area contributed by atoms with E-state index in [1.807, 2.05) is 13.0 Å². The van der Waals surface area contributed by atoms with Crippen molar-refractivity contribution in [1.29, 1.82) is 0 Å². The van der Waals surface area contributed by atoms with Gasteiger partial charge in [0.15, 0.2) is 0 Å². The zero-order chi connectivity index (χ0) is 9.84. The minimum atomic E-state index is -0.365. The normalized spacial score (nSPS) is 12.6. The van der Waals surface area contributed by atoms with Gasteiger partial charge >= 0.3 is 0 Å². The van der Waals surface area contributed by atoms with E-state index >= 15 is 0 Å². The summed E-state index contributed by atoms with van der Waals surface area (Å²) in [6.07, 6.45) is 0. The Morgan fingerprint density at radius 3 is 2.85 bits per heavy atom. The predicted molar refractivity (Wildman–Crippen MR) is 49.5 cm³/mol. The molecule has 13 heavy (non-hydrogen) atoms. The number of aliphatic hydroxyl groups excluding tert-OH is 1. The zero-order valence-electron chi connectivity index (χ0n) is 7.82. The number of aliphatic hydroxyl groups is 1. The first-order valence-electron chi connectivity index (χ1n) is 4.06. The maximum Gasteiger partial charge on any atom is 0.213 e. The number of hydrogen-bond donors (Lipinski definition) is 2. The van der Waals surface area contributed by atoms with Gasteiger partial charge in [-0.2, -0.15) is 0 Å². The Balaban J connectivity index is 3.01. The monoisotopic (exact) mass is 182 g/mol. The topological polar surface area (TPSA) is 68.4 Å². The second kappa shape index (κ2) is 4.20. The molecule has 0 saturated heterocycles. The van der Waals surface area contributed by atoms with Gasteiger partial charge in [-0.05, 0) is 18.6 Å². The summed E-state index contributed by atoms with van der Waals surface area (Å²) < 4.78 is 4.98. The molecule has 0 amide bonds. The van der Waals surface area contributed by atoms with Gasteiger partial charge in [0.2, 0.25) is 5.88 Å². The maximum absolute atomic E-state index is 8.86. The van der Waals surface area contributed by atoms with Crippen LogP contribution in [0.25, 0.3) is 0 Å². The molecule has 72 valence electrons. The zero-order valence-corrected chi connectivity index (χ0v) is 7.82. The van der Waals surface area contributed by atoms with Crippen LogP contribution in [0.3, 0.4) is 0 Å². The van der Waals surface area contributed by atoms with Gasteiger partial charge in [-0.3, -0.25) is 0 Å². The highest BCUT2D eigenvalue weighted by Crippen LogP contribution is 2.16. The summed E-state index contributed by atoms with van der Waals surface area (Å²) >= 11 is 0. The highest BCUT2D eigenvalue weighted by Gasteiger charge is 2.07. The molecular weight excluding hydrogens is 168 g/mol. The fourth-order valence-corrected chi connectivity index (χ4v) is 1.09. The molecule has 4 nitrogen and oxygen atoms in total. The molecule has 0 aliphatic heterocycles. The first-order chi connectivity index (χ1) is 6.17. The van der Waals surface area contributed by atoms with Crippen molar-refractivity contribution in [2.75, 3.05) is 13.7 Å². The van der Waals surface area contributed by atoms with Crippen LogP contribution in [-0.2, 0) is 0 Å². The lowest BCUT2D eigenvalue weighted by molar-refractivity contribution is 0.267. The van der Waals surface area contributed by atoms with Crippen molar-refractivity contribution in [3.63, 3.8) is 0 Å². The molecule has 0 radical (unpaired) electrons. The van der Waals surface area contributed by atoms with Crippen molar-refractivity contribution in [2.45, 2.75) is 13.0 Å². The third kappa shape index (κ3) is 2.40. The number of aryl methyl sites for hydroxylation is 1. The molecule has 4 heteroatoms. The Hall–Kier alpha value is -1.13. The quantitative estimate of drug-likeness (QED) is 0.709. The molecule has 0 unspecified atom stereocenters. The number of hydrogen-bond acceptors (Lipinski definition) is 4. The van der Waals surface area contributed by atoms with E-state index in [9.17, 15) is 0 Å².